The number of hydrogen-bond donors (Lipinski definition) is 1. The first-order valence-corrected chi connectivity index (χ1v) is 13.4. The van der Waals surface area contributed by atoms with E-state index in [1.807, 2.05) is 19.9 Å². The number of carbonyl (C=O) groups excluding carboxylic acids is 1. The summed E-state index contributed by atoms with van der Waals surface area (Å²) < 4.78 is 19.5. The van der Waals surface area contributed by atoms with Gasteiger partial charge in [-0.2, -0.15) is 0 Å². The van der Waals surface area contributed by atoms with Crippen LogP contribution in [0, 0.1) is 5.82 Å². The maximum Gasteiger partial charge on any atom is 0.252 e. The fraction of sp³-hybridized carbons (Fsp3) is 0.355. The Balaban J connectivity index is 1.65. The van der Waals surface area contributed by atoms with E-state index < -0.39 is 0 Å². The van der Waals surface area contributed by atoms with E-state index in [1.165, 1.54) is 31.0 Å². The first-order chi connectivity index (χ1) is 18.8. The van der Waals surface area contributed by atoms with Crippen molar-refractivity contribution in [2.45, 2.75) is 33.7 Å². The predicted molar refractivity (Wildman–Crippen MR) is 157 cm³/mol. The van der Waals surface area contributed by atoms with Crippen LogP contribution in [0.15, 0.2) is 82.7 Å². The summed E-state index contributed by atoms with van der Waals surface area (Å²) in [6.45, 7) is 10.3. The molecule has 39 heavy (non-hydrogen) atoms. The molecule has 1 amide bonds. The minimum absolute atomic E-state index is 0.123. The molecule has 8 heteroatoms. The van der Waals surface area contributed by atoms with Gasteiger partial charge in [-0.3, -0.25) is 9.69 Å². The van der Waals surface area contributed by atoms with Crippen LogP contribution in [0.25, 0.3) is 0 Å². The Labute approximate surface area is 231 Å². The molecule has 0 spiro atoms. The van der Waals surface area contributed by atoms with Gasteiger partial charge in [0.05, 0.1) is 13.7 Å². The third kappa shape index (κ3) is 6.75. The van der Waals surface area contributed by atoms with Gasteiger partial charge in [0.25, 0.3) is 5.91 Å². The smallest absolute Gasteiger partial charge is 0.252 e. The van der Waals surface area contributed by atoms with E-state index in [2.05, 4.69) is 53.4 Å². The van der Waals surface area contributed by atoms with Crippen LogP contribution in [-0.2, 0) is 11.3 Å². The highest BCUT2D eigenvalue weighted by molar-refractivity contribution is 6.15. The van der Waals surface area contributed by atoms with Crippen molar-refractivity contribution in [1.29, 1.82) is 0 Å². The van der Waals surface area contributed by atoms with E-state index in [0.29, 0.717) is 23.0 Å². The number of methoxy groups -OCH3 is 1. The van der Waals surface area contributed by atoms with Crippen molar-refractivity contribution in [2.75, 3.05) is 50.6 Å². The summed E-state index contributed by atoms with van der Waals surface area (Å²) in [5.41, 5.74) is 4.53. The van der Waals surface area contributed by atoms with Crippen molar-refractivity contribution in [3.05, 3.63) is 89.0 Å². The second kappa shape index (κ2) is 12.8. The number of aliphatic imine (C=N–C) groups is 1. The van der Waals surface area contributed by atoms with Crippen LogP contribution in [0.1, 0.15) is 32.8 Å². The number of amidine groups is 1. The highest BCUT2D eigenvalue weighted by Gasteiger charge is 2.26. The Bertz CT molecular complexity index is 1300. The average Bonchev–Trinajstić information content (AvgIpc) is 2.95. The minimum atomic E-state index is -0.389. The first-order valence-electron chi connectivity index (χ1n) is 13.4. The topological polar surface area (TPSA) is 60.4 Å². The molecule has 2 heterocycles. The number of ether oxygens (including phenoxy) is 1. The van der Waals surface area contributed by atoms with Gasteiger partial charge in [0.1, 0.15) is 23.2 Å². The number of nitrogens with one attached hydrogen (secondary N) is 1. The number of anilines is 2. The van der Waals surface area contributed by atoms with Gasteiger partial charge in [-0.1, -0.05) is 13.0 Å². The molecule has 1 saturated heterocycles. The molecular weight excluding hydrogens is 493 g/mol. The average molecular weight is 532 g/mol. The minimum Gasteiger partial charge on any atom is -0.496 e. The lowest BCUT2D eigenvalue weighted by Gasteiger charge is -2.34. The van der Waals surface area contributed by atoms with Crippen LogP contribution in [0.2, 0.25) is 0 Å². The standard InChI is InChI=1S/C31H38FN5O2/c1-6-22(3)30(33-26-10-12-27(13-11-26)36-18-16-35(4)17-19-36)34-31-23(7-2)8-15-29(38)37(31)21-24-20-25(32)9-14-28(24)39-5/h7-15,20,33H,6,16-19,21H2,1-5H3/b23-7-,30-22+,34-31+. The number of likely N-dealkylation sites (N-methyl/N-ethyl adjacent to an activating group) is 1. The molecule has 2 aliphatic heterocycles. The number of piperazine rings is 1. The Morgan fingerprint density at radius 3 is 2.46 bits per heavy atom. The number of carbonyl (C=O) groups is 1. The predicted octanol–water partition coefficient (Wildman–Crippen LogP) is 5.58. The normalized spacial score (nSPS) is 19.1. The maximum atomic E-state index is 14.1. The van der Waals surface area contributed by atoms with E-state index in [-0.39, 0.29) is 18.3 Å². The Morgan fingerprint density at radius 1 is 1.10 bits per heavy atom. The Hall–Kier alpha value is -3.91. The second-order valence-electron chi connectivity index (χ2n) is 9.84. The molecule has 0 unspecified atom stereocenters. The quantitative estimate of drug-likeness (QED) is 0.482. The lowest BCUT2D eigenvalue weighted by molar-refractivity contribution is -0.123. The van der Waals surface area contributed by atoms with Crippen molar-refractivity contribution < 1.29 is 13.9 Å². The third-order valence-corrected chi connectivity index (χ3v) is 7.22. The van der Waals surface area contributed by atoms with Gasteiger partial charge in [-0.15, -0.1) is 0 Å². The molecule has 1 fully saturated rings. The molecule has 0 atom stereocenters. The third-order valence-electron chi connectivity index (χ3n) is 7.22. The Kier molecular flexibility index (Phi) is 9.19. The largest absolute Gasteiger partial charge is 0.496 e. The van der Waals surface area contributed by atoms with E-state index in [0.717, 1.165) is 49.4 Å². The fourth-order valence-electron chi connectivity index (χ4n) is 4.59. The van der Waals surface area contributed by atoms with Gasteiger partial charge >= 0.3 is 0 Å². The number of hydrogen-bond acceptors (Lipinski definition) is 6. The number of nitrogens with zero attached hydrogens (tertiary/aromatic N) is 4. The lowest BCUT2D eigenvalue weighted by atomic mass is 10.1. The second-order valence-corrected chi connectivity index (χ2v) is 9.84. The van der Waals surface area contributed by atoms with Crippen LogP contribution in [0.4, 0.5) is 15.8 Å². The number of benzene rings is 2. The zero-order valence-electron chi connectivity index (χ0n) is 23.5. The summed E-state index contributed by atoms with van der Waals surface area (Å²) >= 11 is 0. The van der Waals surface area contributed by atoms with Crippen molar-refractivity contribution >= 4 is 23.1 Å². The maximum absolute atomic E-state index is 14.1. The molecule has 0 aromatic heterocycles. The number of rotatable bonds is 8. The molecule has 2 aromatic rings. The highest BCUT2D eigenvalue weighted by atomic mass is 19.1. The van der Waals surface area contributed by atoms with Crippen LogP contribution >= 0.6 is 0 Å². The first kappa shape index (κ1) is 28.1. The van der Waals surface area contributed by atoms with Crippen molar-refractivity contribution in [2.24, 2.45) is 4.99 Å². The fourth-order valence-corrected chi connectivity index (χ4v) is 4.59. The van der Waals surface area contributed by atoms with E-state index in [9.17, 15) is 9.18 Å². The van der Waals surface area contributed by atoms with Crippen LogP contribution in [0.5, 0.6) is 5.75 Å². The summed E-state index contributed by atoms with van der Waals surface area (Å²) in [7, 11) is 3.69. The van der Waals surface area contributed by atoms with Gasteiger partial charge in [-0.25, -0.2) is 9.38 Å². The van der Waals surface area contributed by atoms with Crippen molar-refractivity contribution in [3.8, 4) is 5.75 Å². The number of allylic oxidation sites excluding steroid dienone is 2. The molecule has 2 aromatic carbocycles. The molecule has 0 bridgehead atoms. The summed E-state index contributed by atoms with van der Waals surface area (Å²) in [5.74, 6) is 1.08. The van der Waals surface area contributed by atoms with Crippen molar-refractivity contribution in [3.63, 3.8) is 0 Å². The summed E-state index contributed by atoms with van der Waals surface area (Å²) in [6.07, 6.45) is 5.98. The van der Waals surface area contributed by atoms with Crippen LogP contribution in [-0.4, -0.2) is 61.9 Å². The Morgan fingerprint density at radius 2 is 1.82 bits per heavy atom. The van der Waals surface area contributed by atoms with Gasteiger partial charge < -0.3 is 19.9 Å². The summed E-state index contributed by atoms with van der Waals surface area (Å²) in [4.78, 5) is 24.4. The van der Waals surface area contributed by atoms with E-state index in [4.69, 9.17) is 9.73 Å². The molecule has 0 aliphatic carbocycles. The molecule has 0 saturated carbocycles. The van der Waals surface area contributed by atoms with Crippen LogP contribution in [0.3, 0.4) is 0 Å². The zero-order chi connectivity index (χ0) is 27.9. The number of amides is 1. The van der Waals surface area contributed by atoms with Gasteiger partial charge in [0.2, 0.25) is 0 Å². The summed E-state index contributed by atoms with van der Waals surface area (Å²) in [6, 6.07) is 12.7. The monoisotopic (exact) mass is 531 g/mol. The molecule has 1 N–H and O–H groups in total. The molecule has 2 aliphatic rings. The van der Waals surface area contributed by atoms with Crippen LogP contribution < -0.4 is 15.0 Å². The summed E-state index contributed by atoms with van der Waals surface area (Å²) in [5, 5.41) is 3.48. The van der Waals surface area contributed by atoms with Gasteiger partial charge in [0, 0.05) is 54.8 Å². The lowest BCUT2D eigenvalue weighted by Crippen LogP contribution is -2.44. The van der Waals surface area contributed by atoms with Gasteiger partial charge in [0.15, 0.2) is 0 Å². The zero-order valence-corrected chi connectivity index (χ0v) is 23.5. The van der Waals surface area contributed by atoms with Crippen molar-refractivity contribution in [1.82, 2.24) is 9.80 Å². The molecule has 7 nitrogen and oxygen atoms in total. The number of halogens is 1. The van der Waals surface area contributed by atoms with E-state index in [1.54, 1.807) is 17.0 Å². The molecule has 4 rings (SSSR count). The van der Waals surface area contributed by atoms with E-state index >= 15 is 0 Å². The molecule has 0 radical (unpaired) electrons. The molecular formula is C31H38FN5O2. The molecule has 206 valence electrons. The highest BCUT2D eigenvalue weighted by Crippen LogP contribution is 2.26. The van der Waals surface area contributed by atoms with Gasteiger partial charge in [-0.05, 0) is 81.4 Å². The SMILES string of the molecule is C/C=C1/C=CC(=O)N(Cc2cc(F)ccc2OC)/C1=N/C(Nc1ccc(N2CCN(C)CC2)cc1)=C(\C)CC.